The molecule has 2 atom stereocenters. The molecule has 1 saturated heterocycles. The van der Waals surface area contributed by atoms with Crippen LogP contribution >= 0.6 is 11.6 Å². The van der Waals surface area contributed by atoms with E-state index in [4.69, 9.17) is 11.6 Å². The van der Waals surface area contributed by atoms with Crippen LogP contribution in [0.5, 0.6) is 0 Å². The standard InChI is InChI=1S/C13H16ClF2N/c1-9-7-17(5-4-12(9)14)8-10-6-11(15)2-3-13(10)16/h2-3,6,9,12H,4-5,7-8H2,1H3. The summed E-state index contributed by atoms with van der Waals surface area (Å²) in [5, 5.41) is 0.198. The Kier molecular flexibility index (Phi) is 4.00. The van der Waals surface area contributed by atoms with Gasteiger partial charge in [0.05, 0.1) is 0 Å². The zero-order valence-electron chi connectivity index (χ0n) is 9.80. The summed E-state index contributed by atoms with van der Waals surface area (Å²) in [6, 6.07) is 3.60. The lowest BCUT2D eigenvalue weighted by Gasteiger charge is -2.34. The second-order valence-corrected chi connectivity index (χ2v) is 5.31. The van der Waals surface area contributed by atoms with E-state index in [2.05, 4.69) is 11.8 Å². The molecule has 2 rings (SSSR count). The fourth-order valence-electron chi connectivity index (χ4n) is 2.25. The van der Waals surface area contributed by atoms with Crippen LogP contribution in [0.2, 0.25) is 0 Å². The zero-order chi connectivity index (χ0) is 12.4. The van der Waals surface area contributed by atoms with Crippen molar-refractivity contribution in [2.45, 2.75) is 25.3 Å². The van der Waals surface area contributed by atoms with Gasteiger partial charge in [-0.2, -0.15) is 0 Å². The average molecular weight is 260 g/mol. The van der Waals surface area contributed by atoms with Crippen molar-refractivity contribution in [1.82, 2.24) is 4.90 Å². The van der Waals surface area contributed by atoms with Crippen LogP contribution in [0.25, 0.3) is 0 Å². The van der Waals surface area contributed by atoms with Crippen molar-refractivity contribution >= 4 is 11.6 Å². The normalized spacial score (nSPS) is 26.1. The van der Waals surface area contributed by atoms with Crippen LogP contribution < -0.4 is 0 Å². The van der Waals surface area contributed by atoms with Gasteiger partial charge < -0.3 is 0 Å². The number of piperidine rings is 1. The number of hydrogen-bond acceptors (Lipinski definition) is 1. The quantitative estimate of drug-likeness (QED) is 0.736. The summed E-state index contributed by atoms with van der Waals surface area (Å²) >= 11 is 6.13. The highest BCUT2D eigenvalue weighted by atomic mass is 35.5. The largest absolute Gasteiger partial charge is 0.299 e. The van der Waals surface area contributed by atoms with E-state index in [-0.39, 0.29) is 17.0 Å². The summed E-state index contributed by atoms with van der Waals surface area (Å²) in [7, 11) is 0. The Bertz CT molecular complexity index is 397. The van der Waals surface area contributed by atoms with Gasteiger partial charge in [-0.05, 0) is 37.1 Å². The molecule has 1 heterocycles. The Morgan fingerprint density at radius 3 is 2.88 bits per heavy atom. The molecule has 17 heavy (non-hydrogen) atoms. The minimum atomic E-state index is -0.387. The maximum atomic E-state index is 13.5. The third kappa shape index (κ3) is 3.17. The van der Waals surface area contributed by atoms with E-state index in [1.165, 1.54) is 12.1 Å². The summed E-state index contributed by atoms with van der Waals surface area (Å²) in [6.45, 7) is 4.22. The summed E-state index contributed by atoms with van der Waals surface area (Å²) in [6.07, 6.45) is 0.902. The second-order valence-electron chi connectivity index (χ2n) is 4.75. The van der Waals surface area contributed by atoms with Crippen molar-refractivity contribution < 1.29 is 8.78 Å². The molecule has 1 fully saturated rings. The molecule has 94 valence electrons. The predicted octanol–water partition coefficient (Wildman–Crippen LogP) is 3.41. The van der Waals surface area contributed by atoms with Crippen LogP contribution in [0, 0.1) is 17.6 Å². The van der Waals surface area contributed by atoms with Crippen molar-refractivity contribution in [3.05, 3.63) is 35.4 Å². The lowest BCUT2D eigenvalue weighted by Crippen LogP contribution is -2.39. The third-order valence-electron chi connectivity index (χ3n) is 3.29. The van der Waals surface area contributed by atoms with Gasteiger partial charge in [0.2, 0.25) is 0 Å². The van der Waals surface area contributed by atoms with Gasteiger partial charge in [-0.15, -0.1) is 11.6 Å². The molecule has 2 unspecified atom stereocenters. The zero-order valence-corrected chi connectivity index (χ0v) is 10.6. The summed E-state index contributed by atoms with van der Waals surface area (Å²) in [4.78, 5) is 2.13. The SMILES string of the molecule is CC1CN(Cc2cc(F)ccc2F)CCC1Cl. The van der Waals surface area contributed by atoms with E-state index in [1.807, 2.05) is 0 Å². The number of benzene rings is 1. The number of alkyl halides is 1. The molecule has 0 radical (unpaired) electrons. The fourth-order valence-corrected chi connectivity index (χ4v) is 2.43. The smallest absolute Gasteiger partial charge is 0.127 e. The molecule has 4 heteroatoms. The molecule has 1 nitrogen and oxygen atoms in total. The molecule has 0 saturated carbocycles. The highest BCUT2D eigenvalue weighted by Crippen LogP contribution is 2.23. The first kappa shape index (κ1) is 12.8. The first-order valence-electron chi connectivity index (χ1n) is 5.86. The second kappa shape index (κ2) is 5.32. The number of rotatable bonds is 2. The van der Waals surface area contributed by atoms with Gasteiger partial charge in [-0.25, -0.2) is 8.78 Å². The Balaban J connectivity index is 2.03. The van der Waals surface area contributed by atoms with Crippen LogP contribution in [0.1, 0.15) is 18.9 Å². The van der Waals surface area contributed by atoms with E-state index in [9.17, 15) is 8.78 Å². The molecule has 0 amide bonds. The van der Waals surface area contributed by atoms with Crippen LogP contribution in [0.4, 0.5) is 8.78 Å². The van der Waals surface area contributed by atoms with Gasteiger partial charge in [0.1, 0.15) is 11.6 Å². The van der Waals surface area contributed by atoms with Crippen molar-refractivity contribution in [2.24, 2.45) is 5.92 Å². The molecular formula is C13H16ClF2N. The fraction of sp³-hybridized carbons (Fsp3) is 0.538. The minimum Gasteiger partial charge on any atom is -0.299 e. The van der Waals surface area contributed by atoms with Crippen LogP contribution in [-0.2, 0) is 6.54 Å². The van der Waals surface area contributed by atoms with E-state index in [1.54, 1.807) is 0 Å². The van der Waals surface area contributed by atoms with E-state index in [0.29, 0.717) is 18.0 Å². The van der Waals surface area contributed by atoms with Gasteiger partial charge in [-0.1, -0.05) is 6.92 Å². The van der Waals surface area contributed by atoms with Gasteiger partial charge in [0, 0.05) is 24.0 Å². The van der Waals surface area contributed by atoms with Gasteiger partial charge in [0.15, 0.2) is 0 Å². The summed E-state index contributed by atoms with van der Waals surface area (Å²) in [5.41, 5.74) is 0.422. The topological polar surface area (TPSA) is 3.24 Å². The molecule has 1 aromatic rings. The minimum absolute atomic E-state index is 0.198. The molecule has 0 aliphatic carbocycles. The molecule has 0 spiro atoms. The number of likely N-dealkylation sites (tertiary alicyclic amines) is 1. The first-order valence-corrected chi connectivity index (χ1v) is 6.30. The number of hydrogen-bond donors (Lipinski definition) is 0. The highest BCUT2D eigenvalue weighted by molar-refractivity contribution is 6.20. The third-order valence-corrected chi connectivity index (χ3v) is 3.93. The van der Waals surface area contributed by atoms with E-state index >= 15 is 0 Å². The van der Waals surface area contributed by atoms with E-state index in [0.717, 1.165) is 25.6 Å². The lowest BCUT2D eigenvalue weighted by atomic mass is 9.99. The Morgan fingerprint density at radius 1 is 1.41 bits per heavy atom. The van der Waals surface area contributed by atoms with Gasteiger partial charge >= 0.3 is 0 Å². The van der Waals surface area contributed by atoms with Crippen molar-refractivity contribution in [1.29, 1.82) is 0 Å². The highest BCUT2D eigenvalue weighted by Gasteiger charge is 2.24. The van der Waals surface area contributed by atoms with Crippen molar-refractivity contribution in [3.8, 4) is 0 Å². The van der Waals surface area contributed by atoms with Crippen molar-refractivity contribution in [3.63, 3.8) is 0 Å². The first-order chi connectivity index (χ1) is 8.06. The maximum absolute atomic E-state index is 13.5. The number of halogens is 3. The maximum Gasteiger partial charge on any atom is 0.127 e. The monoisotopic (exact) mass is 259 g/mol. The van der Waals surface area contributed by atoms with Crippen LogP contribution in [-0.4, -0.2) is 23.4 Å². The summed E-state index contributed by atoms with van der Waals surface area (Å²) < 4.78 is 26.5. The Labute approximate surface area is 105 Å². The van der Waals surface area contributed by atoms with Crippen molar-refractivity contribution in [2.75, 3.05) is 13.1 Å². The molecule has 0 bridgehead atoms. The van der Waals surface area contributed by atoms with E-state index < -0.39 is 0 Å². The van der Waals surface area contributed by atoms with Gasteiger partial charge in [-0.3, -0.25) is 4.90 Å². The Hall–Kier alpha value is -0.670. The average Bonchev–Trinajstić information content (AvgIpc) is 2.29. The number of nitrogens with zero attached hydrogens (tertiary/aromatic N) is 1. The Morgan fingerprint density at radius 2 is 2.18 bits per heavy atom. The summed E-state index contributed by atoms with van der Waals surface area (Å²) in [5.74, 6) is -0.337. The van der Waals surface area contributed by atoms with Crippen LogP contribution in [0.15, 0.2) is 18.2 Å². The molecule has 1 aliphatic rings. The predicted molar refractivity (Wildman–Crippen MR) is 65.1 cm³/mol. The molecule has 0 aromatic heterocycles. The molecule has 1 aliphatic heterocycles. The lowest BCUT2D eigenvalue weighted by molar-refractivity contribution is 0.178. The molecule has 1 aromatic carbocycles. The van der Waals surface area contributed by atoms with Gasteiger partial charge in [0.25, 0.3) is 0 Å². The molecule has 0 N–H and O–H groups in total. The van der Waals surface area contributed by atoms with Crippen LogP contribution in [0.3, 0.4) is 0 Å². The molecular weight excluding hydrogens is 244 g/mol.